The van der Waals surface area contributed by atoms with Crippen LogP contribution in [0.5, 0.6) is 0 Å². The van der Waals surface area contributed by atoms with Gasteiger partial charge in [-0.25, -0.2) is 0 Å². The maximum atomic E-state index is 12.3. The summed E-state index contributed by atoms with van der Waals surface area (Å²) in [6, 6.07) is 13.0. The predicted molar refractivity (Wildman–Crippen MR) is 90.1 cm³/mol. The van der Waals surface area contributed by atoms with Crippen LogP contribution in [0.4, 0.5) is 0 Å². The van der Waals surface area contributed by atoms with Gasteiger partial charge in [-0.2, -0.15) is 0 Å². The van der Waals surface area contributed by atoms with Gasteiger partial charge in [-0.05, 0) is 41.5 Å². The number of benzene rings is 1. The second-order valence-corrected chi connectivity index (χ2v) is 5.44. The van der Waals surface area contributed by atoms with E-state index in [0.717, 1.165) is 16.7 Å². The topological polar surface area (TPSA) is 54.9 Å². The summed E-state index contributed by atoms with van der Waals surface area (Å²) < 4.78 is 0. The number of pyridine rings is 2. The summed E-state index contributed by atoms with van der Waals surface area (Å²) in [7, 11) is 0. The van der Waals surface area contributed by atoms with Crippen LogP contribution in [0.25, 0.3) is 11.1 Å². The van der Waals surface area contributed by atoms with Crippen LogP contribution in [-0.4, -0.2) is 15.9 Å². The van der Waals surface area contributed by atoms with Crippen molar-refractivity contribution in [3.63, 3.8) is 0 Å². The number of carbonyl (C=O) groups excluding carboxylic acids is 1. The average molecular weight is 324 g/mol. The van der Waals surface area contributed by atoms with Gasteiger partial charge in [0.1, 0.15) is 0 Å². The third kappa shape index (κ3) is 3.93. The first-order chi connectivity index (χ1) is 11.2. The van der Waals surface area contributed by atoms with Gasteiger partial charge in [0, 0.05) is 41.9 Å². The largest absolute Gasteiger partial charge is 0.348 e. The molecule has 1 amide bonds. The Labute approximate surface area is 139 Å². The molecule has 0 aliphatic carbocycles. The van der Waals surface area contributed by atoms with E-state index in [4.69, 9.17) is 11.6 Å². The molecule has 2 heterocycles. The molecule has 0 unspecified atom stereocenters. The molecule has 1 N–H and O–H groups in total. The normalized spacial score (nSPS) is 10.3. The zero-order chi connectivity index (χ0) is 16.1. The Morgan fingerprint density at radius 3 is 2.43 bits per heavy atom. The minimum atomic E-state index is -0.162. The maximum Gasteiger partial charge on any atom is 0.253 e. The Hall–Kier alpha value is -2.72. The standard InChI is InChI=1S/C18H14ClN3O/c19-17-3-1-14(2-4-17)15-9-16(12-21-11-15)18(23)22-10-13-5-7-20-8-6-13/h1-9,11-12H,10H2,(H,22,23). The van der Waals surface area contributed by atoms with Gasteiger partial charge in [0.2, 0.25) is 0 Å². The van der Waals surface area contributed by atoms with Crippen molar-refractivity contribution in [2.75, 3.05) is 0 Å². The van der Waals surface area contributed by atoms with Crippen LogP contribution in [0.3, 0.4) is 0 Å². The number of hydrogen-bond acceptors (Lipinski definition) is 3. The molecular weight excluding hydrogens is 310 g/mol. The second-order valence-electron chi connectivity index (χ2n) is 5.01. The van der Waals surface area contributed by atoms with Gasteiger partial charge in [0.15, 0.2) is 0 Å². The molecule has 0 aliphatic rings. The van der Waals surface area contributed by atoms with Crippen LogP contribution in [0.2, 0.25) is 5.02 Å². The van der Waals surface area contributed by atoms with Gasteiger partial charge in [0.05, 0.1) is 5.56 Å². The SMILES string of the molecule is O=C(NCc1ccncc1)c1cncc(-c2ccc(Cl)cc2)c1. The van der Waals surface area contributed by atoms with Crippen LogP contribution < -0.4 is 5.32 Å². The Morgan fingerprint density at radius 2 is 1.70 bits per heavy atom. The van der Waals surface area contributed by atoms with E-state index in [2.05, 4.69) is 15.3 Å². The predicted octanol–water partition coefficient (Wildman–Crippen LogP) is 3.73. The maximum absolute atomic E-state index is 12.3. The summed E-state index contributed by atoms with van der Waals surface area (Å²) in [5, 5.41) is 3.55. The highest BCUT2D eigenvalue weighted by Gasteiger charge is 2.08. The summed E-state index contributed by atoms with van der Waals surface area (Å²) in [6.45, 7) is 0.451. The highest BCUT2D eigenvalue weighted by atomic mass is 35.5. The minimum Gasteiger partial charge on any atom is -0.348 e. The molecular formula is C18H14ClN3O. The molecule has 0 radical (unpaired) electrons. The lowest BCUT2D eigenvalue weighted by atomic mass is 10.1. The minimum absolute atomic E-state index is 0.162. The molecule has 5 heteroatoms. The molecule has 114 valence electrons. The molecule has 0 spiro atoms. The molecule has 0 saturated heterocycles. The average Bonchev–Trinajstić information content (AvgIpc) is 2.61. The van der Waals surface area contributed by atoms with Gasteiger partial charge < -0.3 is 5.32 Å². The van der Waals surface area contributed by atoms with E-state index >= 15 is 0 Å². The molecule has 3 rings (SSSR count). The lowest BCUT2D eigenvalue weighted by Gasteiger charge is -2.07. The summed E-state index contributed by atoms with van der Waals surface area (Å²) in [4.78, 5) is 20.4. The van der Waals surface area contributed by atoms with Crippen LogP contribution in [0.15, 0.2) is 67.3 Å². The van der Waals surface area contributed by atoms with Crippen LogP contribution in [0.1, 0.15) is 15.9 Å². The molecule has 0 saturated carbocycles. The van der Waals surface area contributed by atoms with Gasteiger partial charge in [-0.3, -0.25) is 14.8 Å². The fourth-order valence-corrected chi connectivity index (χ4v) is 2.28. The van der Waals surface area contributed by atoms with Gasteiger partial charge in [0.25, 0.3) is 5.91 Å². The van der Waals surface area contributed by atoms with E-state index < -0.39 is 0 Å². The summed E-state index contributed by atoms with van der Waals surface area (Å²) >= 11 is 5.90. The third-order valence-corrected chi connectivity index (χ3v) is 3.63. The van der Waals surface area contributed by atoms with Crippen molar-refractivity contribution in [2.45, 2.75) is 6.54 Å². The number of carbonyl (C=O) groups is 1. The van der Waals surface area contributed by atoms with E-state index in [1.165, 1.54) is 0 Å². The first kappa shape index (κ1) is 15.2. The van der Waals surface area contributed by atoms with E-state index in [0.29, 0.717) is 17.1 Å². The molecule has 1 aromatic carbocycles. The van der Waals surface area contributed by atoms with E-state index in [9.17, 15) is 4.79 Å². The van der Waals surface area contributed by atoms with E-state index in [1.807, 2.05) is 42.5 Å². The van der Waals surface area contributed by atoms with Crippen molar-refractivity contribution in [1.82, 2.24) is 15.3 Å². The molecule has 0 bridgehead atoms. The van der Waals surface area contributed by atoms with Gasteiger partial charge in [-0.1, -0.05) is 23.7 Å². The first-order valence-corrected chi connectivity index (χ1v) is 7.48. The molecule has 3 aromatic rings. The summed E-state index contributed by atoms with van der Waals surface area (Å²) in [5.74, 6) is -0.162. The summed E-state index contributed by atoms with van der Waals surface area (Å²) in [5.41, 5.74) is 3.35. The quantitative estimate of drug-likeness (QED) is 0.796. The van der Waals surface area contributed by atoms with E-state index in [-0.39, 0.29) is 5.91 Å². The Kier molecular flexibility index (Phi) is 4.64. The first-order valence-electron chi connectivity index (χ1n) is 7.10. The molecule has 0 fully saturated rings. The smallest absolute Gasteiger partial charge is 0.253 e. The van der Waals surface area contributed by atoms with Crippen molar-refractivity contribution >= 4 is 17.5 Å². The van der Waals surface area contributed by atoms with Crippen LogP contribution in [-0.2, 0) is 6.54 Å². The number of rotatable bonds is 4. The van der Waals surface area contributed by atoms with Crippen LogP contribution in [0, 0.1) is 0 Å². The van der Waals surface area contributed by atoms with Gasteiger partial charge >= 0.3 is 0 Å². The monoisotopic (exact) mass is 323 g/mol. The van der Waals surface area contributed by atoms with E-state index in [1.54, 1.807) is 24.8 Å². The van der Waals surface area contributed by atoms with Crippen molar-refractivity contribution in [3.05, 3.63) is 83.4 Å². The molecule has 4 nitrogen and oxygen atoms in total. The second kappa shape index (κ2) is 7.03. The molecule has 2 aromatic heterocycles. The number of aromatic nitrogens is 2. The highest BCUT2D eigenvalue weighted by Crippen LogP contribution is 2.21. The number of amides is 1. The molecule has 23 heavy (non-hydrogen) atoms. The van der Waals surface area contributed by atoms with Crippen LogP contribution >= 0.6 is 11.6 Å². The number of nitrogens with zero attached hydrogens (tertiary/aromatic N) is 2. The lowest BCUT2D eigenvalue weighted by molar-refractivity contribution is 0.0950. The highest BCUT2D eigenvalue weighted by molar-refractivity contribution is 6.30. The Morgan fingerprint density at radius 1 is 0.957 bits per heavy atom. The number of nitrogens with one attached hydrogen (secondary N) is 1. The Balaban J connectivity index is 1.74. The molecule has 0 aliphatic heterocycles. The number of hydrogen-bond donors (Lipinski definition) is 1. The van der Waals surface area contributed by atoms with Crippen molar-refractivity contribution in [1.29, 1.82) is 0 Å². The molecule has 0 atom stereocenters. The summed E-state index contributed by atoms with van der Waals surface area (Å²) in [6.07, 6.45) is 6.68. The Bertz CT molecular complexity index is 804. The fraction of sp³-hybridized carbons (Fsp3) is 0.0556. The zero-order valence-electron chi connectivity index (χ0n) is 12.2. The van der Waals surface area contributed by atoms with Gasteiger partial charge in [-0.15, -0.1) is 0 Å². The third-order valence-electron chi connectivity index (χ3n) is 3.38. The lowest BCUT2D eigenvalue weighted by Crippen LogP contribution is -2.22. The number of halogens is 1. The van der Waals surface area contributed by atoms with Crippen molar-refractivity contribution in [3.8, 4) is 11.1 Å². The zero-order valence-corrected chi connectivity index (χ0v) is 13.0. The van der Waals surface area contributed by atoms with Crippen molar-refractivity contribution < 1.29 is 4.79 Å². The fourth-order valence-electron chi connectivity index (χ4n) is 2.15. The van der Waals surface area contributed by atoms with Crippen molar-refractivity contribution in [2.24, 2.45) is 0 Å².